The molecule has 0 fully saturated rings. The Hall–Kier alpha value is -4.45. The van der Waals surface area contributed by atoms with Crippen molar-refractivity contribution in [1.82, 2.24) is 0 Å². The molecule has 1 aliphatic rings. The smallest absolute Gasteiger partial charge is 0.338 e. The average molecular weight is 514 g/mol. The van der Waals surface area contributed by atoms with Crippen LogP contribution in [0.15, 0.2) is 65.6 Å². The Kier molecular flexibility index (Phi) is 6.88. The summed E-state index contributed by atoms with van der Waals surface area (Å²) in [5.41, 5.74) is 0.246. The van der Waals surface area contributed by atoms with Crippen LogP contribution in [-0.2, 0) is 19.6 Å². The summed E-state index contributed by atoms with van der Waals surface area (Å²) in [6.07, 6.45) is 0. The molecule has 0 unspecified atom stereocenters. The fourth-order valence-corrected chi connectivity index (χ4v) is 4.49. The molecule has 1 aliphatic heterocycles. The van der Waals surface area contributed by atoms with E-state index in [9.17, 15) is 27.2 Å². The van der Waals surface area contributed by atoms with Crippen LogP contribution < -0.4 is 19.5 Å². The highest BCUT2D eigenvalue weighted by Gasteiger charge is 2.24. The lowest BCUT2D eigenvalue weighted by Crippen LogP contribution is -2.25. The molecule has 0 bridgehead atoms. The van der Waals surface area contributed by atoms with Crippen molar-refractivity contribution in [3.05, 3.63) is 77.6 Å². The minimum Gasteiger partial charge on any atom is -0.495 e. The van der Waals surface area contributed by atoms with Crippen molar-refractivity contribution in [2.45, 2.75) is 4.90 Å². The second-order valence-electron chi connectivity index (χ2n) is 7.50. The molecule has 10 nitrogen and oxygen atoms in total. The van der Waals surface area contributed by atoms with Crippen molar-refractivity contribution in [2.75, 3.05) is 30.4 Å². The highest BCUT2D eigenvalue weighted by atomic mass is 32.2. The zero-order valence-corrected chi connectivity index (χ0v) is 19.6. The fraction of sp³-hybridized carbons (Fsp3) is 0.125. The molecule has 1 amide bonds. The molecule has 4 rings (SSSR count). The van der Waals surface area contributed by atoms with Crippen LogP contribution in [-0.4, -0.2) is 46.4 Å². The monoisotopic (exact) mass is 514 g/mol. The highest BCUT2D eigenvalue weighted by molar-refractivity contribution is 7.92. The number of amides is 1. The van der Waals surface area contributed by atoms with Crippen LogP contribution in [0, 0.1) is 5.82 Å². The third kappa shape index (κ3) is 5.28. The van der Waals surface area contributed by atoms with Crippen LogP contribution >= 0.6 is 0 Å². The first-order valence-electron chi connectivity index (χ1n) is 10.4. The van der Waals surface area contributed by atoms with Gasteiger partial charge in [-0.15, -0.1) is 0 Å². The molecule has 3 aromatic carbocycles. The molecule has 0 saturated heterocycles. The van der Waals surface area contributed by atoms with Gasteiger partial charge in [-0.3, -0.25) is 14.3 Å². The lowest BCUT2D eigenvalue weighted by Gasteiger charge is -2.18. The molecule has 0 atom stereocenters. The quantitative estimate of drug-likeness (QED) is 0.346. The predicted octanol–water partition coefficient (Wildman–Crippen LogP) is 3.01. The molecule has 3 aromatic rings. The first kappa shape index (κ1) is 24.7. The maximum atomic E-state index is 14.4. The number of benzene rings is 3. The number of para-hydroxylation sites is 2. The van der Waals surface area contributed by atoms with Crippen LogP contribution in [0.25, 0.3) is 0 Å². The van der Waals surface area contributed by atoms with E-state index in [2.05, 4.69) is 10.0 Å². The third-order valence-corrected chi connectivity index (χ3v) is 6.46. The zero-order valence-electron chi connectivity index (χ0n) is 18.7. The van der Waals surface area contributed by atoms with E-state index < -0.39 is 39.1 Å². The molecule has 186 valence electrons. The van der Waals surface area contributed by atoms with Crippen LogP contribution in [0.4, 0.5) is 15.8 Å². The number of fused-ring (bicyclic) bond motifs is 1. The summed E-state index contributed by atoms with van der Waals surface area (Å²) in [5, 5.41) is 2.57. The number of anilines is 2. The van der Waals surface area contributed by atoms with E-state index in [4.69, 9.17) is 14.2 Å². The molecule has 12 heteroatoms. The number of rotatable bonds is 8. The van der Waals surface area contributed by atoms with Gasteiger partial charge in [-0.1, -0.05) is 12.1 Å². The maximum absolute atomic E-state index is 14.4. The van der Waals surface area contributed by atoms with Crippen molar-refractivity contribution in [3.8, 4) is 11.5 Å². The van der Waals surface area contributed by atoms with Gasteiger partial charge in [-0.2, -0.15) is 0 Å². The van der Waals surface area contributed by atoms with Gasteiger partial charge in [-0.05, 0) is 48.5 Å². The molecule has 2 N–H and O–H groups in total. The Balaban J connectivity index is 1.48. The van der Waals surface area contributed by atoms with Gasteiger partial charge in [-0.25, -0.2) is 17.6 Å². The first-order chi connectivity index (χ1) is 17.2. The molecular weight excluding hydrogens is 495 g/mol. The van der Waals surface area contributed by atoms with Crippen LogP contribution in [0.1, 0.15) is 20.7 Å². The predicted molar refractivity (Wildman–Crippen MR) is 125 cm³/mol. The third-order valence-electron chi connectivity index (χ3n) is 5.08. The number of hydrogen-bond acceptors (Lipinski definition) is 8. The van der Waals surface area contributed by atoms with Crippen molar-refractivity contribution in [3.63, 3.8) is 0 Å². The fourth-order valence-electron chi connectivity index (χ4n) is 3.32. The molecule has 0 aliphatic carbocycles. The van der Waals surface area contributed by atoms with Crippen molar-refractivity contribution in [2.24, 2.45) is 0 Å². The molecule has 36 heavy (non-hydrogen) atoms. The summed E-state index contributed by atoms with van der Waals surface area (Å²) < 4.78 is 57.6. The Bertz CT molecular complexity index is 1470. The lowest BCUT2D eigenvalue weighted by molar-refractivity contribution is -0.118. The summed E-state index contributed by atoms with van der Waals surface area (Å²) in [6, 6.07) is 13.1. The van der Waals surface area contributed by atoms with E-state index in [1.807, 2.05) is 0 Å². The number of Topliss-reactive ketones (excluding diaryl/α,β-unsaturated/α-hetero) is 1. The summed E-state index contributed by atoms with van der Waals surface area (Å²) in [4.78, 5) is 35.7. The summed E-state index contributed by atoms with van der Waals surface area (Å²) in [5.74, 6) is -2.48. The zero-order chi connectivity index (χ0) is 25.9. The number of sulfonamides is 1. The minimum atomic E-state index is -4.45. The Morgan fingerprint density at radius 1 is 1.08 bits per heavy atom. The number of ketones is 1. The summed E-state index contributed by atoms with van der Waals surface area (Å²) >= 11 is 0. The Labute approximate surface area is 205 Å². The normalized spacial score (nSPS) is 12.6. The van der Waals surface area contributed by atoms with Gasteiger partial charge in [0.1, 0.15) is 22.2 Å². The van der Waals surface area contributed by atoms with Crippen molar-refractivity contribution < 1.29 is 41.4 Å². The molecule has 0 radical (unpaired) electrons. The van der Waals surface area contributed by atoms with Gasteiger partial charge in [0.15, 0.2) is 19.0 Å². The summed E-state index contributed by atoms with van der Waals surface area (Å²) in [6.45, 7) is -0.812. The minimum absolute atomic E-state index is 0.0737. The van der Waals surface area contributed by atoms with Gasteiger partial charge in [0.25, 0.3) is 15.9 Å². The van der Waals surface area contributed by atoms with Crippen LogP contribution in [0.2, 0.25) is 0 Å². The topological polar surface area (TPSA) is 137 Å². The van der Waals surface area contributed by atoms with Crippen molar-refractivity contribution in [1.29, 1.82) is 0 Å². The van der Waals surface area contributed by atoms with Gasteiger partial charge in [0.2, 0.25) is 0 Å². The standard InChI is InChI=1S/C24H19FN2O8S/c1-33-20-5-3-2-4-17(20)27-36(31,32)22-11-15(6-8-16(22)25)24(30)35-12-19(28)14-7-9-21-18(10-14)26-23(29)13-34-21/h2-11,27H,12-13H2,1H3,(H,26,29). The van der Waals surface area contributed by atoms with Crippen LogP contribution in [0.5, 0.6) is 11.5 Å². The van der Waals surface area contributed by atoms with E-state index in [0.29, 0.717) is 11.4 Å². The SMILES string of the molecule is COc1ccccc1NS(=O)(=O)c1cc(C(=O)OCC(=O)c2ccc3c(c2)NC(=O)CO3)ccc1F. The van der Waals surface area contributed by atoms with E-state index in [0.717, 1.165) is 18.2 Å². The van der Waals surface area contributed by atoms with Gasteiger partial charge in [0, 0.05) is 5.56 Å². The number of ether oxygens (including phenoxy) is 3. The van der Waals surface area contributed by atoms with E-state index in [1.165, 1.54) is 37.4 Å². The number of carbonyl (C=O) groups excluding carboxylic acids is 3. The van der Waals surface area contributed by atoms with Crippen molar-refractivity contribution >= 4 is 39.1 Å². The number of halogens is 1. The first-order valence-corrected chi connectivity index (χ1v) is 11.9. The van der Waals surface area contributed by atoms with Gasteiger partial charge >= 0.3 is 5.97 Å². The second-order valence-corrected chi connectivity index (χ2v) is 9.15. The van der Waals surface area contributed by atoms with E-state index >= 15 is 0 Å². The molecule has 0 aromatic heterocycles. The van der Waals surface area contributed by atoms with E-state index in [1.54, 1.807) is 12.1 Å². The Morgan fingerprint density at radius 2 is 1.83 bits per heavy atom. The number of carbonyl (C=O) groups is 3. The number of hydrogen-bond donors (Lipinski definition) is 2. The maximum Gasteiger partial charge on any atom is 0.338 e. The lowest BCUT2D eigenvalue weighted by atomic mass is 10.1. The largest absolute Gasteiger partial charge is 0.495 e. The number of methoxy groups -OCH3 is 1. The van der Waals surface area contributed by atoms with Gasteiger partial charge in [0.05, 0.1) is 24.0 Å². The Morgan fingerprint density at radius 3 is 2.61 bits per heavy atom. The molecule has 0 spiro atoms. The average Bonchev–Trinajstić information content (AvgIpc) is 2.86. The van der Waals surface area contributed by atoms with Gasteiger partial charge < -0.3 is 19.5 Å². The highest BCUT2D eigenvalue weighted by Crippen LogP contribution is 2.29. The second kappa shape index (κ2) is 10.0. The molecule has 1 heterocycles. The number of esters is 1. The van der Waals surface area contributed by atoms with E-state index in [-0.39, 0.29) is 35.1 Å². The number of nitrogens with one attached hydrogen (secondary N) is 2. The molecule has 0 saturated carbocycles. The summed E-state index contributed by atoms with van der Waals surface area (Å²) in [7, 11) is -3.10. The molecular formula is C24H19FN2O8S. The van der Waals surface area contributed by atoms with Crippen LogP contribution in [0.3, 0.4) is 0 Å².